The number of hydrogen-bond donors (Lipinski definition) is 2. The van der Waals surface area contributed by atoms with Crippen LogP contribution in [-0.4, -0.2) is 15.0 Å². The maximum Gasteiger partial charge on any atom is 0.223 e. The molecule has 0 aliphatic carbocycles. The van der Waals surface area contributed by atoms with E-state index in [-0.39, 0.29) is 4.99 Å². The fraction of sp³-hybridized carbons (Fsp3) is 0.182. The third-order valence-corrected chi connectivity index (χ3v) is 2.35. The standard InChI is InChI=1S/C11H12N4OS/c1-7-4-9(10(12)17)15-11(14-7)13-5-8-2-3-16-6-8/h2-4,6H,5H2,1H3,(H2,12,17)(H,13,14,15). The summed E-state index contributed by atoms with van der Waals surface area (Å²) in [7, 11) is 0. The van der Waals surface area contributed by atoms with E-state index in [4.69, 9.17) is 22.4 Å². The number of nitrogens with two attached hydrogens (primary N) is 1. The lowest BCUT2D eigenvalue weighted by atomic mass is 10.3. The number of rotatable bonds is 4. The lowest BCUT2D eigenvalue weighted by Crippen LogP contribution is -2.14. The van der Waals surface area contributed by atoms with E-state index in [1.54, 1.807) is 18.6 Å². The Kier molecular flexibility index (Phi) is 3.34. The molecule has 17 heavy (non-hydrogen) atoms. The summed E-state index contributed by atoms with van der Waals surface area (Å²) < 4.78 is 4.97. The first-order valence-corrected chi connectivity index (χ1v) is 5.46. The summed E-state index contributed by atoms with van der Waals surface area (Å²) in [5, 5.41) is 3.09. The van der Waals surface area contributed by atoms with Gasteiger partial charge in [-0.15, -0.1) is 0 Å². The van der Waals surface area contributed by atoms with E-state index < -0.39 is 0 Å². The molecule has 0 bridgehead atoms. The second kappa shape index (κ2) is 4.92. The van der Waals surface area contributed by atoms with Crippen LogP contribution < -0.4 is 11.1 Å². The quantitative estimate of drug-likeness (QED) is 0.801. The minimum absolute atomic E-state index is 0.266. The van der Waals surface area contributed by atoms with Gasteiger partial charge in [-0.25, -0.2) is 9.97 Å². The van der Waals surface area contributed by atoms with Crippen molar-refractivity contribution in [3.05, 3.63) is 41.6 Å². The van der Waals surface area contributed by atoms with Gasteiger partial charge in [-0.1, -0.05) is 12.2 Å². The summed E-state index contributed by atoms with van der Waals surface area (Å²) in [5.74, 6) is 0.508. The molecule has 0 fully saturated rings. The summed E-state index contributed by atoms with van der Waals surface area (Å²) >= 11 is 4.89. The molecule has 0 saturated heterocycles. The molecular weight excluding hydrogens is 236 g/mol. The van der Waals surface area contributed by atoms with E-state index in [0.29, 0.717) is 18.2 Å². The molecule has 0 radical (unpaired) electrons. The molecule has 5 nitrogen and oxygen atoms in total. The van der Waals surface area contributed by atoms with Crippen LogP contribution >= 0.6 is 12.2 Å². The number of anilines is 1. The first-order chi connectivity index (χ1) is 8.15. The minimum atomic E-state index is 0.266. The molecule has 3 N–H and O–H groups in total. The van der Waals surface area contributed by atoms with Gasteiger partial charge in [0.2, 0.25) is 5.95 Å². The molecule has 2 aromatic heterocycles. The molecule has 0 aliphatic rings. The molecular formula is C11H12N4OS. The van der Waals surface area contributed by atoms with Gasteiger partial charge < -0.3 is 15.5 Å². The molecule has 0 atom stereocenters. The molecule has 2 rings (SSSR count). The van der Waals surface area contributed by atoms with E-state index >= 15 is 0 Å². The highest BCUT2D eigenvalue weighted by atomic mass is 32.1. The Hall–Kier alpha value is -1.95. The van der Waals surface area contributed by atoms with E-state index in [2.05, 4.69) is 15.3 Å². The van der Waals surface area contributed by atoms with Crippen LogP contribution in [0.5, 0.6) is 0 Å². The van der Waals surface area contributed by atoms with Crippen LogP contribution in [0.1, 0.15) is 17.0 Å². The Morgan fingerprint density at radius 3 is 3.00 bits per heavy atom. The van der Waals surface area contributed by atoms with E-state index in [1.807, 2.05) is 13.0 Å². The van der Waals surface area contributed by atoms with Crippen LogP contribution in [0.4, 0.5) is 5.95 Å². The predicted molar refractivity (Wildman–Crippen MR) is 68.7 cm³/mol. The normalized spacial score (nSPS) is 10.2. The molecule has 0 unspecified atom stereocenters. The van der Waals surface area contributed by atoms with Gasteiger partial charge in [0.1, 0.15) is 10.7 Å². The SMILES string of the molecule is Cc1cc(C(N)=S)nc(NCc2ccoc2)n1. The number of thiocarbonyl (C=S) groups is 1. The molecule has 88 valence electrons. The molecule has 0 aliphatic heterocycles. The largest absolute Gasteiger partial charge is 0.472 e. The van der Waals surface area contributed by atoms with Crippen LogP contribution in [0.3, 0.4) is 0 Å². The van der Waals surface area contributed by atoms with Crippen LogP contribution in [0, 0.1) is 6.92 Å². The average molecular weight is 248 g/mol. The number of hydrogen-bond acceptors (Lipinski definition) is 5. The highest BCUT2D eigenvalue weighted by molar-refractivity contribution is 7.80. The van der Waals surface area contributed by atoms with Crippen LogP contribution in [-0.2, 0) is 6.54 Å². The van der Waals surface area contributed by atoms with E-state index in [9.17, 15) is 0 Å². The molecule has 0 amide bonds. The van der Waals surface area contributed by atoms with Crippen molar-refractivity contribution in [2.45, 2.75) is 13.5 Å². The van der Waals surface area contributed by atoms with Gasteiger partial charge in [-0.05, 0) is 19.1 Å². The number of nitrogens with zero attached hydrogens (tertiary/aromatic N) is 2. The van der Waals surface area contributed by atoms with Gasteiger partial charge in [-0.2, -0.15) is 0 Å². The monoisotopic (exact) mass is 248 g/mol. The Balaban J connectivity index is 2.13. The Bertz CT molecular complexity index is 524. The Morgan fingerprint density at radius 2 is 2.35 bits per heavy atom. The second-order valence-electron chi connectivity index (χ2n) is 3.57. The molecule has 0 spiro atoms. The average Bonchev–Trinajstić information content (AvgIpc) is 2.78. The summed E-state index contributed by atoms with van der Waals surface area (Å²) in [4.78, 5) is 8.73. The van der Waals surface area contributed by atoms with Gasteiger partial charge >= 0.3 is 0 Å². The highest BCUT2D eigenvalue weighted by Crippen LogP contribution is 2.07. The summed E-state index contributed by atoms with van der Waals surface area (Å²) in [5.41, 5.74) is 7.95. The maximum absolute atomic E-state index is 5.54. The fourth-order valence-corrected chi connectivity index (χ4v) is 1.45. The van der Waals surface area contributed by atoms with Gasteiger partial charge in [-0.3, -0.25) is 0 Å². The molecule has 0 saturated carbocycles. The zero-order valence-corrected chi connectivity index (χ0v) is 10.1. The number of furan rings is 1. The zero-order valence-electron chi connectivity index (χ0n) is 9.30. The van der Waals surface area contributed by atoms with E-state index in [0.717, 1.165) is 11.3 Å². The van der Waals surface area contributed by atoms with Crippen molar-refractivity contribution in [1.29, 1.82) is 0 Å². The van der Waals surface area contributed by atoms with Gasteiger partial charge in [0, 0.05) is 17.8 Å². The molecule has 2 aromatic rings. The van der Waals surface area contributed by atoms with Crippen molar-refractivity contribution in [3.63, 3.8) is 0 Å². The topological polar surface area (TPSA) is 77.0 Å². The lowest BCUT2D eigenvalue weighted by Gasteiger charge is -2.06. The Labute approximate surface area is 104 Å². The van der Waals surface area contributed by atoms with Crippen molar-refractivity contribution < 1.29 is 4.42 Å². The first-order valence-electron chi connectivity index (χ1n) is 5.05. The number of nitrogens with one attached hydrogen (secondary N) is 1. The molecule has 6 heteroatoms. The third kappa shape index (κ3) is 3.01. The van der Waals surface area contributed by atoms with Gasteiger partial charge in [0.05, 0.1) is 12.5 Å². The van der Waals surface area contributed by atoms with E-state index in [1.165, 1.54) is 0 Å². The van der Waals surface area contributed by atoms with Crippen molar-refractivity contribution in [1.82, 2.24) is 9.97 Å². The molecule has 0 aromatic carbocycles. The number of aryl methyl sites for hydroxylation is 1. The smallest absolute Gasteiger partial charge is 0.223 e. The number of aromatic nitrogens is 2. The van der Waals surface area contributed by atoms with Crippen LogP contribution in [0.25, 0.3) is 0 Å². The predicted octanol–water partition coefficient (Wildman–Crippen LogP) is 1.62. The van der Waals surface area contributed by atoms with Crippen LogP contribution in [0.2, 0.25) is 0 Å². The maximum atomic E-state index is 5.54. The third-order valence-electron chi connectivity index (χ3n) is 2.14. The summed E-state index contributed by atoms with van der Waals surface area (Å²) in [6.07, 6.45) is 3.28. The van der Waals surface area contributed by atoms with Gasteiger partial charge in [0.25, 0.3) is 0 Å². The van der Waals surface area contributed by atoms with Crippen molar-refractivity contribution in [2.75, 3.05) is 5.32 Å². The highest BCUT2D eigenvalue weighted by Gasteiger charge is 2.04. The van der Waals surface area contributed by atoms with Crippen molar-refractivity contribution >= 4 is 23.2 Å². The summed E-state index contributed by atoms with van der Waals surface area (Å²) in [6.45, 7) is 2.46. The molecule has 2 heterocycles. The van der Waals surface area contributed by atoms with Crippen LogP contribution in [0.15, 0.2) is 29.1 Å². The zero-order chi connectivity index (χ0) is 12.3. The second-order valence-corrected chi connectivity index (χ2v) is 4.01. The first kappa shape index (κ1) is 11.5. The Morgan fingerprint density at radius 1 is 1.53 bits per heavy atom. The van der Waals surface area contributed by atoms with Crippen molar-refractivity contribution in [2.24, 2.45) is 5.73 Å². The fourth-order valence-electron chi connectivity index (χ4n) is 1.35. The lowest BCUT2D eigenvalue weighted by molar-refractivity contribution is 0.564. The minimum Gasteiger partial charge on any atom is -0.472 e. The van der Waals surface area contributed by atoms with Gasteiger partial charge in [0.15, 0.2) is 0 Å². The summed E-state index contributed by atoms with van der Waals surface area (Å²) in [6, 6.07) is 3.63. The van der Waals surface area contributed by atoms with Crippen molar-refractivity contribution in [3.8, 4) is 0 Å².